The van der Waals surface area contributed by atoms with Crippen LogP contribution >= 0.6 is 0 Å². The molecule has 0 aromatic carbocycles. The van der Waals surface area contributed by atoms with Crippen LogP contribution in [0.5, 0.6) is 0 Å². The van der Waals surface area contributed by atoms with Gasteiger partial charge in [0.2, 0.25) is 11.8 Å². The van der Waals surface area contributed by atoms with Gasteiger partial charge in [0, 0.05) is 24.4 Å². The highest BCUT2D eigenvalue weighted by molar-refractivity contribution is 5.83. The molecule has 1 unspecified atom stereocenters. The first-order valence-electron chi connectivity index (χ1n) is 7.62. The summed E-state index contributed by atoms with van der Waals surface area (Å²) in [7, 11) is 0. The highest BCUT2D eigenvalue weighted by Gasteiger charge is 2.57. The van der Waals surface area contributed by atoms with Gasteiger partial charge in [0.25, 0.3) is 0 Å². The third-order valence-electron chi connectivity index (χ3n) is 4.27. The Morgan fingerprint density at radius 3 is 2.50 bits per heavy atom. The molecule has 1 aliphatic carbocycles. The van der Waals surface area contributed by atoms with Crippen LogP contribution in [-0.2, 0) is 9.59 Å². The lowest BCUT2D eigenvalue weighted by atomic mass is 9.92. The standard InChI is InChI=1S/C15H27N3O2/c1-14(2,3)18-12(19)4-7-17-13(20)11-10-15(11)5-8-16-9-6-15/h11,16H,4-10H2,1-3H3,(H,17,20)(H,18,19). The number of amides is 2. The molecule has 20 heavy (non-hydrogen) atoms. The first-order chi connectivity index (χ1) is 9.32. The summed E-state index contributed by atoms with van der Waals surface area (Å²) in [5, 5.41) is 9.14. The van der Waals surface area contributed by atoms with E-state index in [-0.39, 0.29) is 28.7 Å². The van der Waals surface area contributed by atoms with Crippen LogP contribution in [0.15, 0.2) is 0 Å². The van der Waals surface area contributed by atoms with Crippen LogP contribution in [0.1, 0.15) is 46.5 Å². The Bertz CT molecular complexity index is 381. The second-order valence-electron chi connectivity index (χ2n) is 7.21. The Morgan fingerprint density at radius 2 is 1.90 bits per heavy atom. The zero-order valence-corrected chi connectivity index (χ0v) is 12.8. The molecule has 1 aliphatic heterocycles. The van der Waals surface area contributed by atoms with E-state index in [0.29, 0.717) is 13.0 Å². The van der Waals surface area contributed by atoms with E-state index in [0.717, 1.165) is 32.4 Å². The summed E-state index contributed by atoms with van der Waals surface area (Å²) in [5.41, 5.74) is 0.0553. The van der Waals surface area contributed by atoms with Crippen molar-refractivity contribution in [3.63, 3.8) is 0 Å². The Balaban J connectivity index is 1.65. The average molecular weight is 281 g/mol. The molecule has 5 heteroatoms. The fourth-order valence-electron chi connectivity index (χ4n) is 3.10. The number of rotatable bonds is 4. The monoisotopic (exact) mass is 281 g/mol. The third kappa shape index (κ3) is 3.95. The van der Waals surface area contributed by atoms with E-state index in [2.05, 4.69) is 16.0 Å². The summed E-state index contributed by atoms with van der Waals surface area (Å²) >= 11 is 0. The molecule has 1 spiro atoms. The van der Waals surface area contributed by atoms with Gasteiger partial charge < -0.3 is 16.0 Å². The lowest BCUT2D eigenvalue weighted by molar-refractivity contribution is -0.124. The number of carbonyl (C=O) groups is 2. The van der Waals surface area contributed by atoms with Crippen LogP contribution < -0.4 is 16.0 Å². The van der Waals surface area contributed by atoms with Crippen molar-refractivity contribution >= 4 is 11.8 Å². The second kappa shape index (κ2) is 5.72. The van der Waals surface area contributed by atoms with Crippen LogP contribution in [0.2, 0.25) is 0 Å². The van der Waals surface area contributed by atoms with Gasteiger partial charge in [0.15, 0.2) is 0 Å². The molecule has 1 saturated heterocycles. The van der Waals surface area contributed by atoms with E-state index in [1.165, 1.54) is 0 Å². The smallest absolute Gasteiger partial charge is 0.223 e. The summed E-state index contributed by atoms with van der Waals surface area (Å²) < 4.78 is 0. The Morgan fingerprint density at radius 1 is 1.25 bits per heavy atom. The molecule has 0 aromatic heterocycles. The minimum absolute atomic E-state index is 0.00910. The fourth-order valence-corrected chi connectivity index (χ4v) is 3.10. The van der Waals surface area contributed by atoms with E-state index >= 15 is 0 Å². The van der Waals surface area contributed by atoms with Crippen LogP contribution in [0, 0.1) is 11.3 Å². The van der Waals surface area contributed by atoms with E-state index in [1.807, 2.05) is 20.8 Å². The molecule has 1 heterocycles. The lowest BCUT2D eigenvalue weighted by Crippen LogP contribution is -2.42. The summed E-state index contributed by atoms with van der Waals surface area (Å²) in [4.78, 5) is 23.7. The summed E-state index contributed by atoms with van der Waals surface area (Å²) in [6, 6.07) is 0. The van der Waals surface area contributed by atoms with Gasteiger partial charge >= 0.3 is 0 Å². The zero-order chi connectivity index (χ0) is 14.8. The van der Waals surface area contributed by atoms with Gasteiger partial charge in [0.05, 0.1) is 0 Å². The molecular formula is C15H27N3O2. The van der Waals surface area contributed by atoms with Crippen molar-refractivity contribution in [1.29, 1.82) is 0 Å². The predicted molar refractivity (Wildman–Crippen MR) is 78.2 cm³/mol. The molecule has 3 N–H and O–H groups in total. The third-order valence-corrected chi connectivity index (χ3v) is 4.27. The molecule has 0 radical (unpaired) electrons. The molecule has 114 valence electrons. The Hall–Kier alpha value is -1.10. The molecule has 2 rings (SSSR count). The van der Waals surface area contributed by atoms with Crippen molar-refractivity contribution in [2.45, 2.75) is 52.0 Å². The summed E-state index contributed by atoms with van der Waals surface area (Å²) in [5.74, 6) is 0.302. The van der Waals surface area contributed by atoms with E-state index < -0.39 is 0 Å². The highest BCUT2D eigenvalue weighted by Crippen LogP contribution is 2.58. The average Bonchev–Trinajstić information content (AvgIpc) is 3.01. The van der Waals surface area contributed by atoms with Crippen LogP contribution in [0.4, 0.5) is 0 Å². The van der Waals surface area contributed by atoms with E-state index in [1.54, 1.807) is 0 Å². The fraction of sp³-hybridized carbons (Fsp3) is 0.867. The molecule has 2 fully saturated rings. The van der Waals surface area contributed by atoms with Gasteiger partial charge in [-0.15, -0.1) is 0 Å². The maximum absolute atomic E-state index is 12.1. The van der Waals surface area contributed by atoms with Crippen molar-refractivity contribution < 1.29 is 9.59 Å². The van der Waals surface area contributed by atoms with Crippen molar-refractivity contribution in [3.05, 3.63) is 0 Å². The van der Waals surface area contributed by atoms with E-state index in [4.69, 9.17) is 0 Å². The summed E-state index contributed by atoms with van der Waals surface area (Å²) in [6.45, 7) is 8.35. The number of carbonyl (C=O) groups excluding carboxylic acids is 2. The van der Waals surface area contributed by atoms with Gasteiger partial charge in [0.1, 0.15) is 0 Å². The van der Waals surface area contributed by atoms with Crippen molar-refractivity contribution in [3.8, 4) is 0 Å². The quantitative estimate of drug-likeness (QED) is 0.714. The molecule has 0 bridgehead atoms. The molecule has 0 aromatic rings. The number of hydrogen-bond acceptors (Lipinski definition) is 3. The second-order valence-corrected chi connectivity index (χ2v) is 7.21. The largest absolute Gasteiger partial charge is 0.355 e. The van der Waals surface area contributed by atoms with Gasteiger partial charge in [-0.3, -0.25) is 9.59 Å². The van der Waals surface area contributed by atoms with Crippen molar-refractivity contribution in [1.82, 2.24) is 16.0 Å². The van der Waals surface area contributed by atoms with Gasteiger partial charge in [-0.1, -0.05) is 0 Å². The van der Waals surface area contributed by atoms with Gasteiger partial charge in [-0.25, -0.2) is 0 Å². The zero-order valence-electron chi connectivity index (χ0n) is 12.8. The maximum Gasteiger partial charge on any atom is 0.223 e. The minimum atomic E-state index is -0.212. The number of piperidine rings is 1. The van der Waals surface area contributed by atoms with E-state index in [9.17, 15) is 9.59 Å². The number of hydrogen-bond donors (Lipinski definition) is 3. The van der Waals surface area contributed by atoms with Crippen LogP contribution in [0.25, 0.3) is 0 Å². The first-order valence-corrected chi connectivity index (χ1v) is 7.62. The van der Waals surface area contributed by atoms with Crippen LogP contribution in [-0.4, -0.2) is 37.0 Å². The summed E-state index contributed by atoms with van der Waals surface area (Å²) in [6.07, 6.45) is 3.59. The minimum Gasteiger partial charge on any atom is -0.355 e. The first kappa shape index (κ1) is 15.3. The molecule has 5 nitrogen and oxygen atoms in total. The predicted octanol–water partition coefficient (Wildman–Crippen LogP) is 0.797. The molecular weight excluding hydrogens is 254 g/mol. The van der Waals surface area contributed by atoms with Crippen LogP contribution in [0.3, 0.4) is 0 Å². The Labute approximate surface area is 121 Å². The Kier molecular flexibility index (Phi) is 4.37. The molecule has 1 saturated carbocycles. The topological polar surface area (TPSA) is 70.2 Å². The lowest BCUT2D eigenvalue weighted by Gasteiger charge is -2.23. The normalized spacial score (nSPS) is 24.2. The number of nitrogens with one attached hydrogen (secondary N) is 3. The molecule has 2 amide bonds. The molecule has 2 aliphatic rings. The van der Waals surface area contributed by atoms with Gasteiger partial charge in [-0.05, 0) is 58.5 Å². The van der Waals surface area contributed by atoms with Crippen molar-refractivity contribution in [2.24, 2.45) is 11.3 Å². The SMILES string of the molecule is CC(C)(C)NC(=O)CCNC(=O)C1CC12CCNCC2. The molecule has 1 atom stereocenters. The van der Waals surface area contributed by atoms with Crippen molar-refractivity contribution in [2.75, 3.05) is 19.6 Å². The highest BCUT2D eigenvalue weighted by atomic mass is 16.2. The van der Waals surface area contributed by atoms with Gasteiger partial charge in [-0.2, -0.15) is 0 Å². The maximum atomic E-state index is 12.1.